The summed E-state index contributed by atoms with van der Waals surface area (Å²) < 4.78 is 31.9. The second-order valence-corrected chi connectivity index (χ2v) is 6.96. The molecule has 1 aromatic rings. The molecule has 0 amide bonds. The van der Waals surface area contributed by atoms with Gasteiger partial charge in [0.2, 0.25) is 10.0 Å². The van der Waals surface area contributed by atoms with E-state index in [1.54, 1.807) is 13.0 Å². The molecule has 0 radical (unpaired) electrons. The van der Waals surface area contributed by atoms with Crippen molar-refractivity contribution < 1.29 is 23.1 Å². The average Bonchev–Trinajstić information content (AvgIpc) is 2.36. The Morgan fingerprint density at radius 1 is 1.38 bits per heavy atom. The van der Waals surface area contributed by atoms with Crippen molar-refractivity contribution in [1.29, 1.82) is 0 Å². The van der Waals surface area contributed by atoms with Crippen molar-refractivity contribution in [2.45, 2.75) is 38.1 Å². The zero-order chi connectivity index (χ0) is 16.2. The first-order chi connectivity index (χ1) is 9.67. The van der Waals surface area contributed by atoms with Gasteiger partial charge in [-0.25, -0.2) is 8.42 Å². The Hall–Kier alpha value is -1.60. The van der Waals surface area contributed by atoms with Crippen LogP contribution in [0.1, 0.15) is 25.8 Å². The third-order valence-corrected chi connectivity index (χ3v) is 4.61. The van der Waals surface area contributed by atoms with Gasteiger partial charge in [-0.2, -0.15) is 4.72 Å². The largest absolute Gasteiger partial charge is 0.497 e. The minimum absolute atomic E-state index is 0.0540. The van der Waals surface area contributed by atoms with Crippen molar-refractivity contribution in [2.24, 2.45) is 5.92 Å². The standard InChI is InChI=1S/C14H21NO5S/c1-9(2)7-12(14(16)17)15-21(18,19)13-6-5-11(20-4)8-10(13)3/h5-6,8-9,12,15H,7H2,1-4H3,(H,16,17). The van der Waals surface area contributed by atoms with E-state index in [1.165, 1.54) is 19.2 Å². The highest BCUT2D eigenvalue weighted by Crippen LogP contribution is 2.21. The highest BCUT2D eigenvalue weighted by Gasteiger charge is 2.27. The van der Waals surface area contributed by atoms with Crippen LogP contribution in [0, 0.1) is 12.8 Å². The molecule has 118 valence electrons. The number of ether oxygens (including phenoxy) is 1. The molecule has 2 N–H and O–H groups in total. The van der Waals surface area contributed by atoms with E-state index >= 15 is 0 Å². The van der Waals surface area contributed by atoms with E-state index in [-0.39, 0.29) is 17.2 Å². The fourth-order valence-electron chi connectivity index (χ4n) is 1.97. The molecule has 0 aliphatic heterocycles. The van der Waals surface area contributed by atoms with Gasteiger partial charge in [-0.3, -0.25) is 4.79 Å². The van der Waals surface area contributed by atoms with Crippen LogP contribution in [0.2, 0.25) is 0 Å². The molecule has 1 atom stereocenters. The van der Waals surface area contributed by atoms with Crippen LogP contribution < -0.4 is 9.46 Å². The number of nitrogens with one attached hydrogen (secondary N) is 1. The van der Waals surface area contributed by atoms with Crippen LogP contribution in [0.4, 0.5) is 0 Å². The Morgan fingerprint density at radius 2 is 2.00 bits per heavy atom. The predicted octanol–water partition coefficient (Wildman–Crippen LogP) is 1.78. The van der Waals surface area contributed by atoms with Gasteiger partial charge in [-0.15, -0.1) is 0 Å². The van der Waals surface area contributed by atoms with Gasteiger partial charge in [-0.1, -0.05) is 13.8 Å². The smallest absolute Gasteiger partial charge is 0.321 e. The molecule has 0 saturated heterocycles. The van der Waals surface area contributed by atoms with Gasteiger partial charge in [0.05, 0.1) is 12.0 Å². The van der Waals surface area contributed by atoms with E-state index < -0.39 is 22.0 Å². The second kappa shape index (κ2) is 6.91. The predicted molar refractivity (Wildman–Crippen MR) is 78.9 cm³/mol. The lowest BCUT2D eigenvalue weighted by atomic mass is 10.1. The molecular formula is C14H21NO5S. The maximum absolute atomic E-state index is 12.3. The lowest BCUT2D eigenvalue weighted by molar-refractivity contribution is -0.139. The number of aryl methyl sites for hydroxylation is 1. The van der Waals surface area contributed by atoms with E-state index in [1.807, 2.05) is 13.8 Å². The zero-order valence-electron chi connectivity index (χ0n) is 12.6. The van der Waals surface area contributed by atoms with Crippen molar-refractivity contribution in [1.82, 2.24) is 4.72 Å². The summed E-state index contributed by atoms with van der Waals surface area (Å²) in [6, 6.07) is 3.38. The summed E-state index contributed by atoms with van der Waals surface area (Å²) in [5.41, 5.74) is 0.496. The summed E-state index contributed by atoms with van der Waals surface area (Å²) in [5, 5.41) is 9.14. The first kappa shape index (κ1) is 17.5. The molecule has 0 aromatic heterocycles. The molecule has 6 nitrogen and oxygen atoms in total. The van der Waals surface area contributed by atoms with Gasteiger partial charge >= 0.3 is 5.97 Å². The van der Waals surface area contributed by atoms with Crippen molar-refractivity contribution in [3.63, 3.8) is 0 Å². The van der Waals surface area contributed by atoms with Gasteiger partial charge in [0.1, 0.15) is 11.8 Å². The molecule has 0 fully saturated rings. The van der Waals surface area contributed by atoms with Gasteiger partial charge in [0.25, 0.3) is 0 Å². The Labute approximate surface area is 125 Å². The van der Waals surface area contributed by atoms with E-state index in [2.05, 4.69) is 4.72 Å². The van der Waals surface area contributed by atoms with Crippen LogP contribution >= 0.6 is 0 Å². The minimum Gasteiger partial charge on any atom is -0.497 e. The first-order valence-electron chi connectivity index (χ1n) is 6.57. The molecule has 0 heterocycles. The Morgan fingerprint density at radius 3 is 2.43 bits per heavy atom. The van der Waals surface area contributed by atoms with Gasteiger partial charge in [0, 0.05) is 0 Å². The maximum atomic E-state index is 12.3. The Kier molecular flexibility index (Phi) is 5.74. The van der Waals surface area contributed by atoms with Crippen molar-refractivity contribution in [2.75, 3.05) is 7.11 Å². The number of carboxylic acid groups (broad SMARTS) is 1. The zero-order valence-corrected chi connectivity index (χ0v) is 13.4. The summed E-state index contributed by atoms with van der Waals surface area (Å²) in [4.78, 5) is 11.2. The molecule has 21 heavy (non-hydrogen) atoms. The van der Waals surface area contributed by atoms with E-state index in [4.69, 9.17) is 9.84 Å². The van der Waals surface area contributed by atoms with Crippen LogP contribution in [0.25, 0.3) is 0 Å². The number of carbonyl (C=O) groups is 1. The SMILES string of the molecule is COc1ccc(S(=O)(=O)NC(CC(C)C)C(=O)O)c(C)c1. The number of benzene rings is 1. The third kappa shape index (κ3) is 4.71. The quantitative estimate of drug-likeness (QED) is 0.800. The minimum atomic E-state index is -3.89. The van der Waals surface area contributed by atoms with Crippen LogP contribution in [-0.2, 0) is 14.8 Å². The number of carboxylic acids is 1. The average molecular weight is 315 g/mol. The fourth-order valence-corrected chi connectivity index (χ4v) is 3.40. The first-order valence-corrected chi connectivity index (χ1v) is 8.05. The number of aliphatic carboxylic acids is 1. The monoisotopic (exact) mass is 315 g/mol. The van der Waals surface area contributed by atoms with Crippen molar-refractivity contribution in [3.8, 4) is 5.75 Å². The molecule has 0 spiro atoms. The van der Waals surface area contributed by atoms with E-state index in [0.717, 1.165) is 0 Å². The number of hydrogen-bond acceptors (Lipinski definition) is 4. The molecule has 0 aliphatic carbocycles. The molecule has 0 aliphatic rings. The molecule has 7 heteroatoms. The Balaban J connectivity index is 3.07. The number of sulfonamides is 1. The highest BCUT2D eigenvalue weighted by molar-refractivity contribution is 7.89. The summed E-state index contributed by atoms with van der Waals surface area (Å²) in [6.07, 6.45) is 0.226. The molecule has 1 aromatic carbocycles. The van der Waals surface area contributed by atoms with Crippen LogP contribution in [0.3, 0.4) is 0 Å². The molecular weight excluding hydrogens is 294 g/mol. The van der Waals surface area contributed by atoms with Gasteiger partial charge < -0.3 is 9.84 Å². The van der Waals surface area contributed by atoms with Crippen LogP contribution in [0.5, 0.6) is 5.75 Å². The second-order valence-electron chi connectivity index (χ2n) is 5.27. The number of rotatable bonds is 7. The molecule has 1 rings (SSSR count). The fraction of sp³-hybridized carbons (Fsp3) is 0.500. The van der Waals surface area contributed by atoms with Gasteiger partial charge in [-0.05, 0) is 43.0 Å². The summed E-state index contributed by atoms with van der Waals surface area (Å²) >= 11 is 0. The third-order valence-electron chi connectivity index (χ3n) is 2.97. The van der Waals surface area contributed by atoms with E-state index in [0.29, 0.717) is 11.3 Å². The maximum Gasteiger partial charge on any atom is 0.321 e. The van der Waals surface area contributed by atoms with Crippen molar-refractivity contribution in [3.05, 3.63) is 23.8 Å². The lowest BCUT2D eigenvalue weighted by Gasteiger charge is -2.17. The molecule has 0 saturated carbocycles. The van der Waals surface area contributed by atoms with Crippen molar-refractivity contribution >= 4 is 16.0 Å². The summed E-state index contributed by atoms with van der Waals surface area (Å²) in [6.45, 7) is 5.31. The summed E-state index contributed by atoms with van der Waals surface area (Å²) in [5.74, 6) is -0.576. The highest BCUT2D eigenvalue weighted by atomic mass is 32.2. The lowest BCUT2D eigenvalue weighted by Crippen LogP contribution is -2.41. The number of hydrogen-bond donors (Lipinski definition) is 2. The van der Waals surface area contributed by atoms with Gasteiger partial charge in [0.15, 0.2) is 0 Å². The number of methoxy groups -OCH3 is 1. The topological polar surface area (TPSA) is 92.7 Å². The van der Waals surface area contributed by atoms with Crippen LogP contribution in [0.15, 0.2) is 23.1 Å². The van der Waals surface area contributed by atoms with E-state index in [9.17, 15) is 13.2 Å². The molecule has 0 bridgehead atoms. The normalized spacial score (nSPS) is 13.2. The van der Waals surface area contributed by atoms with Crippen LogP contribution in [-0.4, -0.2) is 32.6 Å². The summed E-state index contributed by atoms with van der Waals surface area (Å²) in [7, 11) is -2.40. The Bertz CT molecular complexity index is 610. The molecule has 1 unspecified atom stereocenters.